The van der Waals surface area contributed by atoms with Crippen LogP contribution in [0.15, 0.2) is 22.7 Å². The Morgan fingerprint density at radius 1 is 1.38 bits per heavy atom. The number of carbonyl (C=O) groups is 1. The summed E-state index contributed by atoms with van der Waals surface area (Å²) in [5.41, 5.74) is 1.75. The maximum Gasteiger partial charge on any atom is 0.275 e. The summed E-state index contributed by atoms with van der Waals surface area (Å²) in [6.45, 7) is 1.69. The highest BCUT2D eigenvalue weighted by atomic mass is 79.9. The summed E-state index contributed by atoms with van der Waals surface area (Å²) < 4.78 is 6.92. The lowest BCUT2D eigenvalue weighted by Crippen LogP contribution is -2.72. The minimum Gasteiger partial charge on any atom is -0.376 e. The largest absolute Gasteiger partial charge is 0.376 e. The van der Waals surface area contributed by atoms with Crippen LogP contribution in [0.1, 0.15) is 42.6 Å². The Bertz CT molecular complexity index is 808. The number of carbonyl (C=O) groups excluding carboxylic acids is 1. The SMILES string of the molecule is O=C(c1n[nH]c2ccc(Br)cc12)N1CC2(CCC2)C1C1CCCO1. The molecule has 1 aromatic carbocycles. The van der Waals surface area contributed by atoms with E-state index in [4.69, 9.17) is 4.74 Å². The van der Waals surface area contributed by atoms with Gasteiger partial charge in [-0.25, -0.2) is 0 Å². The van der Waals surface area contributed by atoms with Crippen LogP contribution in [0.5, 0.6) is 0 Å². The smallest absolute Gasteiger partial charge is 0.275 e. The number of halogens is 1. The van der Waals surface area contributed by atoms with E-state index in [1.165, 1.54) is 19.3 Å². The number of benzene rings is 1. The molecule has 2 aromatic rings. The molecule has 3 fully saturated rings. The molecule has 6 heteroatoms. The minimum atomic E-state index is 0.0392. The fourth-order valence-corrected chi connectivity index (χ4v) is 5.13. The number of hydrogen-bond acceptors (Lipinski definition) is 3. The highest BCUT2D eigenvalue weighted by molar-refractivity contribution is 9.10. The lowest BCUT2D eigenvalue weighted by atomic mass is 9.56. The Balaban J connectivity index is 1.48. The Morgan fingerprint density at radius 2 is 2.25 bits per heavy atom. The van der Waals surface area contributed by atoms with Crippen LogP contribution in [0.3, 0.4) is 0 Å². The fraction of sp³-hybridized carbons (Fsp3) is 0.556. The number of ether oxygens (including phenoxy) is 1. The van der Waals surface area contributed by atoms with Crippen molar-refractivity contribution in [2.45, 2.75) is 44.2 Å². The van der Waals surface area contributed by atoms with Gasteiger partial charge < -0.3 is 9.64 Å². The number of nitrogens with zero attached hydrogens (tertiary/aromatic N) is 2. The summed E-state index contributed by atoms with van der Waals surface area (Å²) in [4.78, 5) is 15.2. The number of aromatic nitrogens is 2. The van der Waals surface area contributed by atoms with Gasteiger partial charge in [-0.2, -0.15) is 5.10 Å². The molecule has 1 amide bonds. The van der Waals surface area contributed by atoms with Gasteiger partial charge in [0.2, 0.25) is 0 Å². The zero-order chi connectivity index (χ0) is 16.3. The van der Waals surface area contributed by atoms with Crippen molar-refractivity contribution in [3.63, 3.8) is 0 Å². The number of likely N-dealkylation sites (tertiary alicyclic amines) is 1. The van der Waals surface area contributed by atoms with Gasteiger partial charge in [0.1, 0.15) is 0 Å². The third-order valence-corrected chi connectivity index (χ3v) is 6.60. The molecule has 3 aliphatic rings. The molecule has 2 unspecified atom stereocenters. The zero-order valence-corrected chi connectivity index (χ0v) is 15.0. The van der Waals surface area contributed by atoms with Crippen molar-refractivity contribution in [2.24, 2.45) is 5.41 Å². The predicted octanol–water partition coefficient (Wildman–Crippen LogP) is 3.50. The van der Waals surface area contributed by atoms with Crippen LogP contribution in [0, 0.1) is 5.41 Å². The van der Waals surface area contributed by atoms with Gasteiger partial charge in [0.25, 0.3) is 5.91 Å². The van der Waals surface area contributed by atoms with Crippen LogP contribution in [-0.2, 0) is 4.74 Å². The molecule has 2 aliphatic heterocycles. The van der Waals surface area contributed by atoms with Crippen LogP contribution in [0.4, 0.5) is 0 Å². The van der Waals surface area contributed by atoms with Crippen molar-refractivity contribution in [3.05, 3.63) is 28.4 Å². The van der Waals surface area contributed by atoms with Crippen molar-refractivity contribution in [1.29, 1.82) is 0 Å². The van der Waals surface area contributed by atoms with Gasteiger partial charge in [0, 0.05) is 28.4 Å². The summed E-state index contributed by atoms with van der Waals surface area (Å²) >= 11 is 3.49. The number of fused-ring (bicyclic) bond motifs is 1. The van der Waals surface area contributed by atoms with Gasteiger partial charge in [-0.05, 0) is 43.9 Å². The van der Waals surface area contributed by atoms with E-state index in [0.29, 0.717) is 11.1 Å². The van der Waals surface area contributed by atoms with Gasteiger partial charge in [-0.3, -0.25) is 9.89 Å². The van der Waals surface area contributed by atoms with E-state index in [2.05, 4.69) is 26.1 Å². The van der Waals surface area contributed by atoms with Crippen LogP contribution in [0.2, 0.25) is 0 Å². The first-order valence-electron chi connectivity index (χ1n) is 8.74. The van der Waals surface area contributed by atoms with Gasteiger partial charge >= 0.3 is 0 Å². The molecule has 2 saturated heterocycles. The van der Waals surface area contributed by atoms with Crippen molar-refractivity contribution in [1.82, 2.24) is 15.1 Å². The van der Waals surface area contributed by atoms with Crippen molar-refractivity contribution >= 4 is 32.7 Å². The molecule has 1 aliphatic carbocycles. The fourth-order valence-electron chi connectivity index (χ4n) is 4.76. The molecular weight excluding hydrogens is 370 g/mol. The molecule has 1 spiro atoms. The van der Waals surface area contributed by atoms with Crippen molar-refractivity contribution in [3.8, 4) is 0 Å². The molecular formula is C18H20BrN3O2. The van der Waals surface area contributed by atoms with Crippen LogP contribution >= 0.6 is 15.9 Å². The first-order valence-corrected chi connectivity index (χ1v) is 9.53. The Kier molecular flexibility index (Phi) is 3.29. The third kappa shape index (κ3) is 2.02. The number of H-pyrrole nitrogens is 1. The quantitative estimate of drug-likeness (QED) is 0.854. The van der Waals surface area contributed by atoms with Gasteiger partial charge in [0.05, 0.1) is 17.7 Å². The van der Waals surface area contributed by atoms with E-state index in [-0.39, 0.29) is 18.1 Å². The standard InChI is InChI=1S/C18H20BrN3O2/c19-11-4-5-13-12(9-11)15(21-20-13)17(23)22-10-18(6-2-7-18)16(22)14-3-1-8-24-14/h4-5,9,14,16H,1-3,6-8,10H2,(H,20,21). The van der Waals surface area contributed by atoms with Gasteiger partial charge in [-0.1, -0.05) is 22.4 Å². The van der Waals surface area contributed by atoms with E-state index >= 15 is 0 Å². The average molecular weight is 390 g/mol. The summed E-state index contributed by atoms with van der Waals surface area (Å²) in [6.07, 6.45) is 6.13. The van der Waals surface area contributed by atoms with E-state index in [9.17, 15) is 4.79 Å². The average Bonchev–Trinajstić information content (AvgIpc) is 3.13. The van der Waals surface area contributed by atoms with Crippen LogP contribution < -0.4 is 0 Å². The maximum atomic E-state index is 13.2. The van der Waals surface area contributed by atoms with E-state index in [1.54, 1.807) is 0 Å². The number of hydrogen-bond donors (Lipinski definition) is 1. The maximum absolute atomic E-state index is 13.2. The van der Waals surface area contributed by atoms with Gasteiger partial charge in [-0.15, -0.1) is 0 Å². The van der Waals surface area contributed by atoms with Gasteiger partial charge in [0.15, 0.2) is 5.69 Å². The van der Waals surface area contributed by atoms with Crippen LogP contribution in [0.25, 0.3) is 10.9 Å². The second-order valence-corrected chi connectivity index (χ2v) is 8.32. The molecule has 1 N–H and O–H groups in total. The first-order chi connectivity index (χ1) is 11.7. The zero-order valence-electron chi connectivity index (χ0n) is 13.4. The monoisotopic (exact) mass is 389 g/mol. The Morgan fingerprint density at radius 3 is 2.96 bits per heavy atom. The number of aromatic amines is 1. The molecule has 1 saturated carbocycles. The predicted molar refractivity (Wildman–Crippen MR) is 93.9 cm³/mol. The van der Waals surface area contributed by atoms with Crippen molar-refractivity contribution < 1.29 is 9.53 Å². The van der Waals surface area contributed by atoms with E-state index in [1.807, 2.05) is 23.1 Å². The molecule has 3 heterocycles. The Hall–Kier alpha value is -1.40. The van der Waals surface area contributed by atoms with Crippen molar-refractivity contribution in [2.75, 3.05) is 13.2 Å². The highest BCUT2D eigenvalue weighted by Crippen LogP contribution is 2.56. The molecule has 0 bridgehead atoms. The third-order valence-electron chi connectivity index (χ3n) is 6.10. The minimum absolute atomic E-state index is 0.0392. The number of nitrogens with one attached hydrogen (secondary N) is 1. The second kappa shape index (κ2) is 5.30. The number of rotatable bonds is 2. The molecule has 5 nitrogen and oxygen atoms in total. The summed E-state index contributed by atoms with van der Waals surface area (Å²) in [5.74, 6) is 0.0392. The molecule has 5 rings (SSSR count). The summed E-state index contributed by atoms with van der Waals surface area (Å²) in [5, 5.41) is 8.18. The lowest BCUT2D eigenvalue weighted by molar-refractivity contribution is -0.150. The molecule has 24 heavy (non-hydrogen) atoms. The first kappa shape index (κ1) is 14.9. The topological polar surface area (TPSA) is 58.2 Å². The summed E-state index contributed by atoms with van der Waals surface area (Å²) in [6, 6.07) is 6.10. The molecule has 126 valence electrons. The van der Waals surface area contributed by atoms with E-state index in [0.717, 1.165) is 41.4 Å². The highest BCUT2D eigenvalue weighted by Gasteiger charge is 2.60. The second-order valence-electron chi connectivity index (χ2n) is 7.41. The lowest BCUT2D eigenvalue weighted by Gasteiger charge is -2.63. The molecule has 1 aromatic heterocycles. The summed E-state index contributed by atoms with van der Waals surface area (Å²) in [7, 11) is 0. The molecule has 2 atom stereocenters. The normalized spacial score (nSPS) is 28.1. The van der Waals surface area contributed by atoms with E-state index < -0.39 is 0 Å². The molecule has 0 radical (unpaired) electrons. The van der Waals surface area contributed by atoms with Crippen LogP contribution in [-0.4, -0.2) is 46.3 Å². The number of amides is 1. The Labute approximate surface area is 148 Å².